The molecule has 1 aliphatic carbocycles. The summed E-state index contributed by atoms with van der Waals surface area (Å²) < 4.78 is 0.841. The topological polar surface area (TPSA) is 58.2 Å². The van der Waals surface area contributed by atoms with Gasteiger partial charge in [0.15, 0.2) is 0 Å². The summed E-state index contributed by atoms with van der Waals surface area (Å²) in [5.41, 5.74) is 0.844. The fraction of sp³-hybridized carbons (Fsp3) is 0.500. The van der Waals surface area contributed by atoms with Gasteiger partial charge in [-0.05, 0) is 42.9 Å². The van der Waals surface area contributed by atoms with Crippen LogP contribution >= 0.6 is 15.9 Å². The summed E-state index contributed by atoms with van der Waals surface area (Å²) in [6, 6.07) is 7.32. The van der Waals surface area contributed by atoms with Gasteiger partial charge in [0.1, 0.15) is 0 Å². The number of amides is 2. The van der Waals surface area contributed by atoms with Gasteiger partial charge in [-0.3, -0.25) is 9.59 Å². The zero-order chi connectivity index (χ0) is 15.5. The lowest BCUT2D eigenvalue weighted by Crippen LogP contribution is -2.41. The standard InChI is InChI=1S/C16H21BrN2O2/c1-16(2)7-6-13(9-16)19-14(20)10-18-15(21)11-4-3-5-12(17)8-11/h3-5,8,13H,6-7,9-10H2,1-2H3,(H,18,21)(H,19,20). The van der Waals surface area contributed by atoms with Gasteiger partial charge in [0.05, 0.1) is 6.54 Å². The summed E-state index contributed by atoms with van der Waals surface area (Å²) in [4.78, 5) is 23.8. The molecule has 2 amide bonds. The Morgan fingerprint density at radius 1 is 1.38 bits per heavy atom. The molecule has 0 saturated heterocycles. The van der Waals surface area contributed by atoms with Gasteiger partial charge in [-0.15, -0.1) is 0 Å². The van der Waals surface area contributed by atoms with Crippen LogP contribution in [-0.4, -0.2) is 24.4 Å². The third kappa shape index (κ3) is 4.84. The van der Waals surface area contributed by atoms with Gasteiger partial charge in [0, 0.05) is 16.1 Å². The molecule has 21 heavy (non-hydrogen) atoms. The largest absolute Gasteiger partial charge is 0.352 e. The first kappa shape index (κ1) is 16.0. The summed E-state index contributed by atoms with van der Waals surface area (Å²) in [6.45, 7) is 4.45. The highest BCUT2D eigenvalue weighted by molar-refractivity contribution is 9.10. The maximum Gasteiger partial charge on any atom is 0.251 e. The molecule has 0 spiro atoms. The van der Waals surface area contributed by atoms with Crippen LogP contribution in [0.3, 0.4) is 0 Å². The van der Waals surface area contributed by atoms with Crippen molar-refractivity contribution in [3.05, 3.63) is 34.3 Å². The monoisotopic (exact) mass is 352 g/mol. The number of carbonyl (C=O) groups is 2. The van der Waals surface area contributed by atoms with Crippen LogP contribution in [0.5, 0.6) is 0 Å². The lowest BCUT2D eigenvalue weighted by Gasteiger charge is -2.18. The molecule has 1 fully saturated rings. The van der Waals surface area contributed by atoms with E-state index >= 15 is 0 Å². The first-order valence-electron chi connectivity index (χ1n) is 7.19. The lowest BCUT2D eigenvalue weighted by atomic mass is 9.92. The molecule has 1 saturated carbocycles. The smallest absolute Gasteiger partial charge is 0.251 e. The van der Waals surface area contributed by atoms with Crippen molar-refractivity contribution in [2.75, 3.05) is 6.54 Å². The van der Waals surface area contributed by atoms with E-state index in [4.69, 9.17) is 0 Å². The van der Waals surface area contributed by atoms with Gasteiger partial charge in [-0.25, -0.2) is 0 Å². The molecule has 0 aromatic heterocycles. The molecular formula is C16H21BrN2O2. The molecule has 1 aliphatic rings. The lowest BCUT2D eigenvalue weighted by molar-refractivity contribution is -0.120. The Morgan fingerprint density at radius 2 is 2.14 bits per heavy atom. The minimum absolute atomic E-state index is 0.0161. The minimum atomic E-state index is -0.238. The second-order valence-corrected chi connectivity index (χ2v) is 7.28. The van der Waals surface area contributed by atoms with Gasteiger partial charge in [0.25, 0.3) is 5.91 Å². The van der Waals surface area contributed by atoms with E-state index in [0.717, 1.165) is 23.7 Å². The highest BCUT2D eigenvalue weighted by Crippen LogP contribution is 2.36. The highest BCUT2D eigenvalue weighted by Gasteiger charge is 2.31. The van der Waals surface area contributed by atoms with Crippen LogP contribution < -0.4 is 10.6 Å². The molecule has 1 atom stereocenters. The Kier molecular flexibility index (Phi) is 5.04. The van der Waals surface area contributed by atoms with Crippen molar-refractivity contribution in [1.82, 2.24) is 10.6 Å². The predicted octanol–water partition coefficient (Wildman–Crippen LogP) is 2.87. The van der Waals surface area contributed by atoms with Gasteiger partial charge in [-0.2, -0.15) is 0 Å². The maximum atomic E-state index is 11.9. The van der Waals surface area contributed by atoms with Crippen molar-refractivity contribution in [2.24, 2.45) is 5.41 Å². The Morgan fingerprint density at radius 3 is 2.76 bits per heavy atom. The second kappa shape index (κ2) is 6.60. The number of rotatable bonds is 4. The van der Waals surface area contributed by atoms with Crippen molar-refractivity contribution >= 4 is 27.7 Å². The van der Waals surface area contributed by atoms with E-state index in [9.17, 15) is 9.59 Å². The fourth-order valence-electron chi connectivity index (χ4n) is 2.73. The number of hydrogen-bond acceptors (Lipinski definition) is 2. The molecule has 0 bridgehead atoms. The van der Waals surface area contributed by atoms with Gasteiger partial charge < -0.3 is 10.6 Å². The quantitative estimate of drug-likeness (QED) is 0.875. The molecule has 4 nitrogen and oxygen atoms in total. The molecule has 5 heteroatoms. The summed E-state index contributed by atoms with van der Waals surface area (Å²) in [7, 11) is 0. The summed E-state index contributed by atoms with van der Waals surface area (Å²) in [5.74, 6) is -0.362. The van der Waals surface area contributed by atoms with E-state index in [2.05, 4.69) is 40.4 Å². The average Bonchev–Trinajstić information content (AvgIpc) is 2.75. The Bertz CT molecular complexity index is 543. The fourth-order valence-corrected chi connectivity index (χ4v) is 3.13. The van der Waals surface area contributed by atoms with Crippen molar-refractivity contribution in [3.63, 3.8) is 0 Å². The van der Waals surface area contributed by atoms with Crippen LogP contribution in [-0.2, 0) is 4.79 Å². The molecule has 2 N–H and O–H groups in total. The van der Waals surface area contributed by atoms with Crippen molar-refractivity contribution in [2.45, 2.75) is 39.2 Å². The highest BCUT2D eigenvalue weighted by atomic mass is 79.9. The Balaban J connectivity index is 1.78. The SMILES string of the molecule is CC1(C)CCC(NC(=O)CNC(=O)c2cccc(Br)c2)C1. The normalized spacial score (nSPS) is 20.0. The second-order valence-electron chi connectivity index (χ2n) is 6.36. The van der Waals surface area contributed by atoms with E-state index in [1.54, 1.807) is 18.2 Å². The van der Waals surface area contributed by atoms with E-state index < -0.39 is 0 Å². The number of benzene rings is 1. The number of carbonyl (C=O) groups excluding carboxylic acids is 2. The van der Waals surface area contributed by atoms with E-state index in [0.29, 0.717) is 11.0 Å². The van der Waals surface area contributed by atoms with Crippen LogP contribution in [0.2, 0.25) is 0 Å². The third-order valence-electron chi connectivity index (χ3n) is 3.83. The van der Waals surface area contributed by atoms with Crippen molar-refractivity contribution in [1.29, 1.82) is 0 Å². The molecule has 1 unspecified atom stereocenters. The van der Waals surface area contributed by atoms with Gasteiger partial charge in [0.2, 0.25) is 5.91 Å². The van der Waals surface area contributed by atoms with E-state index in [-0.39, 0.29) is 24.4 Å². The van der Waals surface area contributed by atoms with E-state index in [1.165, 1.54) is 0 Å². The molecule has 114 valence electrons. The third-order valence-corrected chi connectivity index (χ3v) is 4.32. The molecule has 2 rings (SSSR count). The first-order valence-corrected chi connectivity index (χ1v) is 7.98. The molecule has 0 aliphatic heterocycles. The Labute approximate surface area is 133 Å². The molecular weight excluding hydrogens is 332 g/mol. The van der Waals surface area contributed by atoms with Crippen LogP contribution in [0.1, 0.15) is 43.5 Å². The minimum Gasteiger partial charge on any atom is -0.352 e. The van der Waals surface area contributed by atoms with Crippen LogP contribution in [0.15, 0.2) is 28.7 Å². The number of hydrogen-bond donors (Lipinski definition) is 2. The Hall–Kier alpha value is -1.36. The number of nitrogens with one attached hydrogen (secondary N) is 2. The van der Waals surface area contributed by atoms with Crippen LogP contribution in [0.25, 0.3) is 0 Å². The molecule has 0 radical (unpaired) electrons. The summed E-state index contributed by atoms with van der Waals surface area (Å²) >= 11 is 3.32. The van der Waals surface area contributed by atoms with Crippen LogP contribution in [0.4, 0.5) is 0 Å². The van der Waals surface area contributed by atoms with Gasteiger partial charge >= 0.3 is 0 Å². The van der Waals surface area contributed by atoms with E-state index in [1.807, 2.05) is 6.07 Å². The molecule has 1 aromatic rings. The number of halogens is 1. The van der Waals surface area contributed by atoms with Crippen LogP contribution in [0, 0.1) is 5.41 Å². The first-order chi connectivity index (χ1) is 9.85. The molecule has 1 aromatic carbocycles. The van der Waals surface area contributed by atoms with Crippen molar-refractivity contribution < 1.29 is 9.59 Å². The molecule has 0 heterocycles. The summed E-state index contributed by atoms with van der Waals surface area (Å²) in [5, 5.41) is 5.64. The zero-order valence-corrected chi connectivity index (χ0v) is 14.0. The summed E-state index contributed by atoms with van der Waals surface area (Å²) in [6.07, 6.45) is 3.14. The average molecular weight is 353 g/mol. The zero-order valence-electron chi connectivity index (χ0n) is 12.4. The van der Waals surface area contributed by atoms with Gasteiger partial charge in [-0.1, -0.05) is 35.8 Å². The van der Waals surface area contributed by atoms with Crippen molar-refractivity contribution in [3.8, 4) is 0 Å². The predicted molar refractivity (Wildman–Crippen MR) is 86.0 cm³/mol. The maximum absolute atomic E-state index is 11.9.